The minimum Gasteiger partial charge on any atom is -0.306 e. The largest absolute Gasteiger partial charge is 0.306 e. The lowest BCUT2D eigenvalue weighted by molar-refractivity contribution is 0.597. The molecule has 2 aromatic heterocycles. The molecule has 108 valence electrons. The summed E-state index contributed by atoms with van der Waals surface area (Å²) in [4.78, 5) is 4.15. The van der Waals surface area contributed by atoms with Crippen molar-refractivity contribution in [2.75, 3.05) is 10.1 Å². The van der Waals surface area contributed by atoms with Crippen LogP contribution in [-0.2, 0) is 10.0 Å². The zero-order valence-corrected chi connectivity index (χ0v) is 11.7. The first-order valence-electron chi connectivity index (χ1n) is 6.13. The minimum absolute atomic E-state index is 0.0375. The molecule has 0 saturated heterocycles. The fourth-order valence-electron chi connectivity index (χ4n) is 2.03. The number of pyridine rings is 1. The van der Waals surface area contributed by atoms with Crippen molar-refractivity contribution >= 4 is 27.2 Å². The molecule has 2 heterocycles. The van der Waals surface area contributed by atoms with Crippen LogP contribution in [0.4, 0.5) is 11.5 Å². The van der Waals surface area contributed by atoms with Gasteiger partial charge >= 0.3 is 0 Å². The summed E-state index contributed by atoms with van der Waals surface area (Å²) in [5.41, 5.74) is 3.28. The van der Waals surface area contributed by atoms with Gasteiger partial charge in [-0.15, -0.1) is 0 Å². The van der Waals surface area contributed by atoms with Gasteiger partial charge in [0.1, 0.15) is 5.65 Å². The molecule has 0 unspecified atom stereocenters. The van der Waals surface area contributed by atoms with Crippen LogP contribution in [0.2, 0.25) is 0 Å². The molecule has 4 N–H and O–H groups in total. The first-order chi connectivity index (χ1) is 10.1. The molecule has 0 saturated carbocycles. The number of nitrogens with one attached hydrogen (secondary N) is 2. The van der Waals surface area contributed by atoms with Gasteiger partial charge in [0.25, 0.3) is 10.0 Å². The van der Waals surface area contributed by atoms with Gasteiger partial charge in [0.2, 0.25) is 5.03 Å². The van der Waals surface area contributed by atoms with Crippen molar-refractivity contribution < 1.29 is 8.42 Å². The molecule has 3 rings (SSSR count). The Balaban J connectivity index is 2.14. The Morgan fingerprint density at radius 2 is 1.76 bits per heavy atom. The standard InChI is InChI=1S/C13H13N5O2S/c14-16-12-13(18-9-5-4-8-11(18)15-12)21(19,20)17-10-6-2-1-3-7-10/h1-9,16-17H,14H2. The number of anilines is 2. The van der Waals surface area contributed by atoms with Crippen LogP contribution in [-0.4, -0.2) is 17.8 Å². The number of hydrogen-bond acceptors (Lipinski definition) is 5. The lowest BCUT2D eigenvalue weighted by atomic mass is 10.3. The lowest BCUT2D eigenvalue weighted by Crippen LogP contribution is -2.18. The second-order valence-corrected chi connectivity index (χ2v) is 5.91. The number of para-hydroxylation sites is 1. The van der Waals surface area contributed by atoms with Gasteiger partial charge in [-0.3, -0.25) is 9.12 Å². The number of hydrogen-bond donors (Lipinski definition) is 3. The normalized spacial score (nSPS) is 11.5. The molecule has 0 amide bonds. The SMILES string of the molecule is NNc1nc2ccccn2c1S(=O)(=O)Nc1ccccc1. The molecule has 0 fully saturated rings. The smallest absolute Gasteiger partial charge is 0.281 e. The summed E-state index contributed by atoms with van der Waals surface area (Å²) in [7, 11) is -3.83. The van der Waals surface area contributed by atoms with Crippen LogP contribution in [0.15, 0.2) is 59.8 Å². The summed E-state index contributed by atoms with van der Waals surface area (Å²) in [5, 5.41) is -0.0375. The Morgan fingerprint density at radius 1 is 1.05 bits per heavy atom. The van der Waals surface area contributed by atoms with Gasteiger partial charge in [0.05, 0.1) is 0 Å². The van der Waals surface area contributed by atoms with Gasteiger partial charge in [-0.05, 0) is 24.3 Å². The maximum Gasteiger partial charge on any atom is 0.281 e. The summed E-state index contributed by atoms with van der Waals surface area (Å²) in [6.45, 7) is 0. The number of nitrogens with zero attached hydrogens (tertiary/aromatic N) is 2. The van der Waals surface area contributed by atoms with Gasteiger partial charge in [-0.1, -0.05) is 24.3 Å². The van der Waals surface area contributed by atoms with Gasteiger partial charge in [0.15, 0.2) is 5.82 Å². The fraction of sp³-hybridized carbons (Fsp3) is 0. The van der Waals surface area contributed by atoms with Crippen LogP contribution in [0.25, 0.3) is 5.65 Å². The van der Waals surface area contributed by atoms with Crippen LogP contribution < -0.4 is 16.0 Å². The highest BCUT2D eigenvalue weighted by Gasteiger charge is 2.25. The van der Waals surface area contributed by atoms with Gasteiger partial charge in [0, 0.05) is 11.9 Å². The van der Waals surface area contributed by atoms with E-state index in [9.17, 15) is 8.42 Å². The Labute approximate surface area is 121 Å². The van der Waals surface area contributed by atoms with Crippen molar-refractivity contribution in [3.63, 3.8) is 0 Å². The van der Waals surface area contributed by atoms with E-state index in [-0.39, 0.29) is 10.8 Å². The molecular formula is C13H13N5O2S. The number of rotatable bonds is 4. The van der Waals surface area contributed by atoms with E-state index in [1.807, 2.05) is 0 Å². The molecule has 3 aromatic rings. The molecule has 21 heavy (non-hydrogen) atoms. The van der Waals surface area contributed by atoms with Crippen molar-refractivity contribution in [1.29, 1.82) is 0 Å². The molecule has 0 bridgehead atoms. The van der Waals surface area contributed by atoms with E-state index < -0.39 is 10.0 Å². The first-order valence-corrected chi connectivity index (χ1v) is 7.62. The molecule has 0 aliphatic rings. The predicted molar refractivity (Wildman–Crippen MR) is 80.3 cm³/mol. The number of nitrogens with two attached hydrogens (primary N) is 1. The van der Waals surface area contributed by atoms with Gasteiger partial charge < -0.3 is 5.43 Å². The molecule has 0 spiro atoms. The predicted octanol–water partition coefficient (Wildman–Crippen LogP) is 1.42. The fourth-order valence-corrected chi connectivity index (χ4v) is 3.35. The van der Waals surface area contributed by atoms with Crippen molar-refractivity contribution in [2.45, 2.75) is 5.03 Å². The van der Waals surface area contributed by atoms with Crippen LogP contribution in [0, 0.1) is 0 Å². The highest BCUT2D eigenvalue weighted by Crippen LogP contribution is 2.24. The number of benzene rings is 1. The number of nitrogen functional groups attached to an aromatic ring is 1. The zero-order valence-electron chi connectivity index (χ0n) is 10.9. The maximum absolute atomic E-state index is 12.6. The molecule has 0 atom stereocenters. The second kappa shape index (κ2) is 5.08. The third kappa shape index (κ3) is 2.41. The Morgan fingerprint density at radius 3 is 2.48 bits per heavy atom. The van der Waals surface area contributed by atoms with Gasteiger partial charge in [-0.2, -0.15) is 8.42 Å². The average molecular weight is 303 g/mol. The molecule has 0 aliphatic carbocycles. The van der Waals surface area contributed by atoms with Crippen LogP contribution in [0.1, 0.15) is 0 Å². The highest BCUT2D eigenvalue weighted by molar-refractivity contribution is 7.92. The Bertz CT molecular complexity index is 874. The number of fused-ring (bicyclic) bond motifs is 1. The topological polar surface area (TPSA) is 102 Å². The quantitative estimate of drug-likeness (QED) is 0.500. The number of aromatic nitrogens is 2. The zero-order chi connectivity index (χ0) is 14.9. The van der Waals surface area contributed by atoms with Crippen LogP contribution in [0.3, 0.4) is 0 Å². The molecule has 1 aromatic carbocycles. The summed E-state index contributed by atoms with van der Waals surface area (Å²) < 4.78 is 29.1. The minimum atomic E-state index is -3.83. The summed E-state index contributed by atoms with van der Waals surface area (Å²) in [6, 6.07) is 13.8. The third-order valence-electron chi connectivity index (χ3n) is 2.90. The maximum atomic E-state index is 12.6. The molecule has 0 aliphatic heterocycles. The lowest BCUT2D eigenvalue weighted by Gasteiger charge is -2.09. The first kappa shape index (κ1) is 13.4. The third-order valence-corrected chi connectivity index (χ3v) is 4.31. The molecule has 8 heteroatoms. The van der Waals surface area contributed by atoms with E-state index in [0.29, 0.717) is 11.3 Å². The monoisotopic (exact) mass is 303 g/mol. The van der Waals surface area contributed by atoms with Crippen molar-refractivity contribution in [3.05, 3.63) is 54.7 Å². The number of sulfonamides is 1. The van der Waals surface area contributed by atoms with E-state index in [4.69, 9.17) is 5.84 Å². The average Bonchev–Trinajstić information content (AvgIpc) is 2.87. The van der Waals surface area contributed by atoms with Crippen molar-refractivity contribution in [1.82, 2.24) is 9.38 Å². The summed E-state index contributed by atoms with van der Waals surface area (Å²) >= 11 is 0. The van der Waals surface area contributed by atoms with Gasteiger partial charge in [-0.25, -0.2) is 10.8 Å². The van der Waals surface area contributed by atoms with Crippen LogP contribution in [0.5, 0.6) is 0 Å². The second-order valence-electron chi connectivity index (χ2n) is 4.31. The number of hydrazine groups is 1. The molecular weight excluding hydrogens is 290 g/mol. The molecule has 0 radical (unpaired) electrons. The van der Waals surface area contributed by atoms with E-state index in [1.54, 1.807) is 54.7 Å². The summed E-state index contributed by atoms with van der Waals surface area (Å²) in [5.74, 6) is 5.47. The van der Waals surface area contributed by atoms with E-state index in [2.05, 4.69) is 15.1 Å². The molecule has 7 nitrogen and oxygen atoms in total. The van der Waals surface area contributed by atoms with Crippen molar-refractivity contribution in [2.24, 2.45) is 5.84 Å². The Kier molecular flexibility index (Phi) is 3.24. The summed E-state index contributed by atoms with van der Waals surface area (Å²) in [6.07, 6.45) is 1.61. The van der Waals surface area contributed by atoms with E-state index in [1.165, 1.54) is 4.40 Å². The van der Waals surface area contributed by atoms with Crippen LogP contribution >= 0.6 is 0 Å². The van der Waals surface area contributed by atoms with E-state index in [0.717, 1.165) is 0 Å². The van der Waals surface area contributed by atoms with Crippen molar-refractivity contribution in [3.8, 4) is 0 Å². The highest BCUT2D eigenvalue weighted by atomic mass is 32.2. The Hall–Kier alpha value is -2.58. The van der Waals surface area contributed by atoms with E-state index >= 15 is 0 Å². The number of imidazole rings is 1.